The van der Waals surface area contributed by atoms with Crippen molar-refractivity contribution >= 4 is 5.91 Å². The maximum atomic E-state index is 13.1. The van der Waals surface area contributed by atoms with E-state index in [0.29, 0.717) is 5.92 Å². The maximum absolute atomic E-state index is 13.1. The number of hydrogen-bond acceptors (Lipinski definition) is 2. The van der Waals surface area contributed by atoms with Gasteiger partial charge in [-0.15, -0.1) is 0 Å². The molecule has 2 unspecified atom stereocenters. The average molecular weight is 312 g/mol. The molecule has 120 valence electrons. The van der Waals surface area contributed by atoms with Gasteiger partial charge in [0.25, 0.3) is 0 Å². The zero-order valence-electron chi connectivity index (χ0n) is 13.0. The van der Waals surface area contributed by atoms with E-state index in [1.165, 1.54) is 17.7 Å². The van der Waals surface area contributed by atoms with Crippen molar-refractivity contribution in [3.05, 3.63) is 71.5 Å². The van der Waals surface area contributed by atoms with Crippen LogP contribution in [-0.2, 0) is 4.79 Å². The number of primary amides is 1. The molecule has 1 saturated heterocycles. The summed E-state index contributed by atoms with van der Waals surface area (Å²) in [5.74, 6) is -0.296. The third-order valence-electron chi connectivity index (χ3n) is 4.54. The number of carbonyl (C=O) groups is 1. The SMILES string of the molecule is NC(=O)C(c1ccc(F)cc1)N1CCCC(c2ccccc2)C1. The highest BCUT2D eigenvalue weighted by Crippen LogP contribution is 2.32. The molecule has 1 heterocycles. The zero-order chi connectivity index (χ0) is 16.2. The van der Waals surface area contributed by atoms with Crippen molar-refractivity contribution in [3.63, 3.8) is 0 Å². The van der Waals surface area contributed by atoms with E-state index in [-0.39, 0.29) is 11.7 Å². The number of piperidine rings is 1. The van der Waals surface area contributed by atoms with Crippen LogP contribution in [0.25, 0.3) is 0 Å². The molecular formula is C19H21FN2O. The topological polar surface area (TPSA) is 46.3 Å². The summed E-state index contributed by atoms with van der Waals surface area (Å²) in [6, 6.07) is 15.9. The fourth-order valence-electron chi connectivity index (χ4n) is 3.44. The summed E-state index contributed by atoms with van der Waals surface area (Å²) in [6.07, 6.45) is 2.12. The third kappa shape index (κ3) is 3.59. The normalized spacial score (nSPS) is 20.1. The summed E-state index contributed by atoms with van der Waals surface area (Å²) < 4.78 is 13.1. The highest BCUT2D eigenvalue weighted by Gasteiger charge is 2.30. The van der Waals surface area contributed by atoms with Crippen LogP contribution in [0.3, 0.4) is 0 Å². The maximum Gasteiger partial charge on any atom is 0.239 e. The molecular weight excluding hydrogens is 291 g/mol. The van der Waals surface area contributed by atoms with Crippen LogP contribution in [0, 0.1) is 5.82 Å². The lowest BCUT2D eigenvalue weighted by Crippen LogP contribution is -2.43. The first-order valence-electron chi connectivity index (χ1n) is 7.99. The van der Waals surface area contributed by atoms with E-state index in [2.05, 4.69) is 17.0 Å². The third-order valence-corrected chi connectivity index (χ3v) is 4.54. The molecule has 1 amide bonds. The van der Waals surface area contributed by atoms with Crippen LogP contribution in [0.5, 0.6) is 0 Å². The molecule has 0 aromatic heterocycles. The Bertz CT molecular complexity index is 657. The minimum atomic E-state index is -0.498. The van der Waals surface area contributed by atoms with Gasteiger partial charge in [-0.25, -0.2) is 4.39 Å². The number of benzene rings is 2. The lowest BCUT2D eigenvalue weighted by molar-refractivity contribution is -0.124. The molecule has 2 N–H and O–H groups in total. The molecule has 3 rings (SSSR count). The summed E-state index contributed by atoms with van der Waals surface area (Å²) >= 11 is 0. The molecule has 4 heteroatoms. The summed E-state index contributed by atoms with van der Waals surface area (Å²) in [6.45, 7) is 1.61. The second-order valence-corrected chi connectivity index (χ2v) is 6.10. The van der Waals surface area contributed by atoms with Crippen LogP contribution in [0.15, 0.2) is 54.6 Å². The van der Waals surface area contributed by atoms with E-state index in [1.807, 2.05) is 18.2 Å². The van der Waals surface area contributed by atoms with Gasteiger partial charge in [-0.1, -0.05) is 42.5 Å². The first-order valence-corrected chi connectivity index (χ1v) is 7.99. The van der Waals surface area contributed by atoms with Gasteiger partial charge in [0.1, 0.15) is 11.9 Å². The van der Waals surface area contributed by atoms with Crippen LogP contribution in [0.1, 0.15) is 35.9 Å². The molecule has 0 saturated carbocycles. The van der Waals surface area contributed by atoms with E-state index >= 15 is 0 Å². The van der Waals surface area contributed by atoms with Gasteiger partial charge in [-0.2, -0.15) is 0 Å². The molecule has 1 fully saturated rings. The number of carbonyl (C=O) groups excluding carboxylic acids is 1. The molecule has 2 aromatic carbocycles. The highest BCUT2D eigenvalue weighted by molar-refractivity contribution is 5.81. The first-order chi connectivity index (χ1) is 11.1. The lowest BCUT2D eigenvalue weighted by atomic mass is 9.89. The number of hydrogen-bond donors (Lipinski definition) is 1. The van der Waals surface area contributed by atoms with Gasteiger partial charge in [-0.05, 0) is 48.6 Å². The quantitative estimate of drug-likeness (QED) is 0.942. The first kappa shape index (κ1) is 15.7. The predicted octanol–water partition coefficient (Wildman–Crippen LogP) is 3.23. The van der Waals surface area contributed by atoms with Crippen molar-refractivity contribution in [1.29, 1.82) is 0 Å². The molecule has 1 aliphatic rings. The predicted molar refractivity (Wildman–Crippen MR) is 88.3 cm³/mol. The minimum Gasteiger partial charge on any atom is -0.368 e. The van der Waals surface area contributed by atoms with E-state index in [9.17, 15) is 9.18 Å². The highest BCUT2D eigenvalue weighted by atomic mass is 19.1. The fourth-order valence-corrected chi connectivity index (χ4v) is 3.44. The summed E-state index contributed by atoms with van der Waals surface area (Å²) in [4.78, 5) is 14.1. The Morgan fingerprint density at radius 2 is 1.83 bits per heavy atom. The molecule has 0 spiro atoms. The standard InChI is InChI=1S/C19H21FN2O/c20-17-10-8-15(9-11-17)18(19(21)23)22-12-4-7-16(13-22)14-5-2-1-3-6-14/h1-3,5-6,8-11,16,18H,4,7,12-13H2,(H2,21,23). The van der Waals surface area contributed by atoms with Gasteiger partial charge in [0, 0.05) is 6.54 Å². The molecule has 0 radical (unpaired) electrons. The molecule has 1 aliphatic heterocycles. The molecule has 23 heavy (non-hydrogen) atoms. The van der Waals surface area contributed by atoms with E-state index in [0.717, 1.165) is 31.5 Å². The number of nitrogens with two attached hydrogens (primary N) is 1. The Balaban J connectivity index is 1.82. The smallest absolute Gasteiger partial charge is 0.239 e. The van der Waals surface area contributed by atoms with Gasteiger partial charge in [0.15, 0.2) is 0 Å². The minimum absolute atomic E-state index is 0.308. The van der Waals surface area contributed by atoms with Crippen molar-refractivity contribution < 1.29 is 9.18 Å². The van der Waals surface area contributed by atoms with Gasteiger partial charge >= 0.3 is 0 Å². The largest absolute Gasteiger partial charge is 0.368 e. The number of nitrogens with zero attached hydrogens (tertiary/aromatic N) is 1. The van der Waals surface area contributed by atoms with Gasteiger partial charge < -0.3 is 5.73 Å². The second kappa shape index (κ2) is 6.92. The molecule has 0 aliphatic carbocycles. The summed E-state index contributed by atoms with van der Waals surface area (Å²) in [5, 5.41) is 0. The van der Waals surface area contributed by atoms with Crippen molar-refractivity contribution in [3.8, 4) is 0 Å². The number of rotatable bonds is 4. The van der Waals surface area contributed by atoms with Crippen LogP contribution in [0.4, 0.5) is 4.39 Å². The fraction of sp³-hybridized carbons (Fsp3) is 0.316. The Morgan fingerprint density at radius 3 is 2.48 bits per heavy atom. The van der Waals surface area contributed by atoms with Crippen molar-refractivity contribution in [2.24, 2.45) is 5.73 Å². The summed E-state index contributed by atoms with van der Waals surface area (Å²) in [5.41, 5.74) is 7.70. The van der Waals surface area contributed by atoms with Crippen LogP contribution < -0.4 is 5.73 Å². The van der Waals surface area contributed by atoms with Crippen molar-refractivity contribution in [2.75, 3.05) is 13.1 Å². The molecule has 2 aromatic rings. The Hall–Kier alpha value is -2.20. The van der Waals surface area contributed by atoms with Crippen molar-refractivity contribution in [1.82, 2.24) is 4.90 Å². The van der Waals surface area contributed by atoms with E-state index in [4.69, 9.17) is 5.73 Å². The zero-order valence-corrected chi connectivity index (χ0v) is 13.0. The number of likely N-dealkylation sites (tertiary alicyclic amines) is 1. The van der Waals surface area contributed by atoms with Crippen molar-refractivity contribution in [2.45, 2.75) is 24.8 Å². The molecule has 3 nitrogen and oxygen atoms in total. The van der Waals surface area contributed by atoms with E-state index < -0.39 is 6.04 Å². The second-order valence-electron chi connectivity index (χ2n) is 6.10. The van der Waals surface area contributed by atoms with Crippen LogP contribution in [0.2, 0.25) is 0 Å². The summed E-state index contributed by atoms with van der Waals surface area (Å²) in [7, 11) is 0. The average Bonchev–Trinajstić information content (AvgIpc) is 2.58. The van der Waals surface area contributed by atoms with Crippen LogP contribution in [-0.4, -0.2) is 23.9 Å². The number of halogens is 1. The Labute approximate surface area is 135 Å². The Kier molecular flexibility index (Phi) is 4.72. The lowest BCUT2D eigenvalue weighted by Gasteiger charge is -2.37. The van der Waals surface area contributed by atoms with Crippen LogP contribution >= 0.6 is 0 Å². The number of amides is 1. The monoisotopic (exact) mass is 312 g/mol. The van der Waals surface area contributed by atoms with Gasteiger partial charge in [0.05, 0.1) is 0 Å². The van der Waals surface area contributed by atoms with Gasteiger partial charge in [0.2, 0.25) is 5.91 Å². The molecule has 2 atom stereocenters. The van der Waals surface area contributed by atoms with Gasteiger partial charge in [-0.3, -0.25) is 9.69 Å². The Morgan fingerprint density at radius 1 is 1.13 bits per heavy atom. The molecule has 0 bridgehead atoms. The van der Waals surface area contributed by atoms with E-state index in [1.54, 1.807) is 12.1 Å².